The molecule has 1 atom stereocenters. The molecular formula is C16H18O4. The van der Waals surface area contributed by atoms with E-state index >= 15 is 0 Å². The second-order valence-electron chi connectivity index (χ2n) is 5.07. The third-order valence-electron chi connectivity index (χ3n) is 2.72. The van der Waals surface area contributed by atoms with Gasteiger partial charge in [-0.1, -0.05) is 42.5 Å². The van der Waals surface area contributed by atoms with Gasteiger partial charge in [-0.2, -0.15) is 0 Å². The number of aliphatic hydroxyl groups excluding tert-OH is 1. The van der Waals surface area contributed by atoms with Crippen LogP contribution in [0.25, 0.3) is 6.08 Å². The minimum Gasteiger partial charge on any atom is -0.457 e. The molecule has 0 amide bonds. The lowest BCUT2D eigenvalue weighted by molar-refractivity contribution is -0.206. The smallest absolute Gasteiger partial charge is 0.337 e. The van der Waals surface area contributed by atoms with Crippen molar-refractivity contribution in [2.24, 2.45) is 0 Å². The van der Waals surface area contributed by atoms with E-state index in [1.54, 1.807) is 19.9 Å². The summed E-state index contributed by atoms with van der Waals surface area (Å²) in [6.07, 6.45) is 4.29. The molecule has 0 spiro atoms. The number of benzene rings is 1. The summed E-state index contributed by atoms with van der Waals surface area (Å²) in [7, 11) is 0. The summed E-state index contributed by atoms with van der Waals surface area (Å²) < 4.78 is 10.5. The highest BCUT2D eigenvalue weighted by molar-refractivity contribution is 5.83. The number of hydrogen-bond acceptors (Lipinski definition) is 4. The van der Waals surface area contributed by atoms with Gasteiger partial charge in [0, 0.05) is 20.3 Å². The molecule has 1 unspecified atom stereocenters. The molecule has 1 N–H and O–H groups in total. The van der Waals surface area contributed by atoms with Crippen LogP contribution < -0.4 is 0 Å². The van der Waals surface area contributed by atoms with Gasteiger partial charge in [0.25, 0.3) is 0 Å². The predicted molar refractivity (Wildman–Crippen MR) is 75.4 cm³/mol. The lowest BCUT2D eigenvalue weighted by Crippen LogP contribution is -2.34. The van der Waals surface area contributed by atoms with Crippen molar-refractivity contribution in [1.82, 2.24) is 0 Å². The zero-order valence-corrected chi connectivity index (χ0v) is 11.6. The first-order valence-electron chi connectivity index (χ1n) is 6.48. The average molecular weight is 274 g/mol. The van der Waals surface area contributed by atoms with E-state index in [9.17, 15) is 9.90 Å². The second-order valence-corrected chi connectivity index (χ2v) is 5.07. The van der Waals surface area contributed by atoms with Crippen LogP contribution in [0.1, 0.15) is 25.8 Å². The van der Waals surface area contributed by atoms with Gasteiger partial charge in [0.05, 0.1) is 12.2 Å². The number of aliphatic hydroxyl groups is 1. The highest BCUT2D eigenvalue weighted by atomic mass is 16.7. The van der Waals surface area contributed by atoms with E-state index in [1.807, 2.05) is 36.4 Å². The summed E-state index contributed by atoms with van der Waals surface area (Å²) in [5.41, 5.74) is 1.00. The molecular weight excluding hydrogens is 256 g/mol. The van der Waals surface area contributed by atoms with Crippen LogP contribution in [0.2, 0.25) is 0 Å². The Labute approximate surface area is 118 Å². The van der Waals surface area contributed by atoms with Gasteiger partial charge in [-0.15, -0.1) is 0 Å². The van der Waals surface area contributed by atoms with Gasteiger partial charge in [0.15, 0.2) is 0 Å². The number of esters is 1. The third kappa shape index (κ3) is 4.24. The molecule has 20 heavy (non-hydrogen) atoms. The van der Waals surface area contributed by atoms with Crippen LogP contribution in [0.15, 0.2) is 48.2 Å². The molecule has 0 saturated carbocycles. The van der Waals surface area contributed by atoms with E-state index in [2.05, 4.69) is 0 Å². The molecule has 0 radical (unpaired) electrons. The maximum atomic E-state index is 11.4. The van der Waals surface area contributed by atoms with Gasteiger partial charge >= 0.3 is 5.97 Å². The van der Waals surface area contributed by atoms with Gasteiger partial charge < -0.3 is 14.6 Å². The Kier molecular flexibility index (Phi) is 4.25. The van der Waals surface area contributed by atoms with Crippen LogP contribution in [-0.2, 0) is 14.3 Å². The van der Waals surface area contributed by atoms with Crippen LogP contribution in [0, 0.1) is 0 Å². The summed E-state index contributed by atoms with van der Waals surface area (Å²) in [5.74, 6) is -1.00. The quantitative estimate of drug-likeness (QED) is 0.858. The van der Waals surface area contributed by atoms with Crippen molar-refractivity contribution in [1.29, 1.82) is 0 Å². The Balaban J connectivity index is 1.96. The van der Waals surface area contributed by atoms with Crippen LogP contribution in [0.3, 0.4) is 0 Å². The average Bonchev–Trinajstić information content (AvgIpc) is 2.35. The molecule has 1 aromatic carbocycles. The molecule has 1 heterocycles. The van der Waals surface area contributed by atoms with E-state index in [4.69, 9.17) is 9.47 Å². The first-order chi connectivity index (χ1) is 9.44. The van der Waals surface area contributed by atoms with E-state index < -0.39 is 17.9 Å². The fourth-order valence-electron chi connectivity index (χ4n) is 1.93. The lowest BCUT2D eigenvalue weighted by atomic mass is 10.1. The van der Waals surface area contributed by atoms with Crippen molar-refractivity contribution < 1.29 is 19.4 Å². The maximum Gasteiger partial charge on any atom is 0.337 e. The second kappa shape index (κ2) is 5.92. The summed E-state index contributed by atoms with van der Waals surface area (Å²) in [5, 5.41) is 9.96. The largest absolute Gasteiger partial charge is 0.457 e. The molecule has 1 aliphatic heterocycles. The molecule has 0 fully saturated rings. The van der Waals surface area contributed by atoms with E-state index in [0.717, 1.165) is 5.56 Å². The van der Waals surface area contributed by atoms with Crippen LogP contribution in [-0.4, -0.2) is 23.0 Å². The summed E-state index contributed by atoms with van der Waals surface area (Å²) in [6.45, 7) is 3.31. The number of carbonyl (C=O) groups is 1. The SMILES string of the molecule is CC1(C)OC(=O)C=C(CC(O)/C=C/c2ccccc2)O1. The first-order valence-corrected chi connectivity index (χ1v) is 6.48. The highest BCUT2D eigenvalue weighted by Gasteiger charge is 2.30. The predicted octanol–water partition coefficient (Wildman–Crippen LogP) is 2.64. The number of rotatable bonds is 4. The molecule has 106 valence electrons. The van der Waals surface area contributed by atoms with Crippen LogP contribution in [0.5, 0.6) is 0 Å². The first kappa shape index (κ1) is 14.3. The van der Waals surface area contributed by atoms with Crippen molar-refractivity contribution in [2.45, 2.75) is 32.2 Å². The Hall–Kier alpha value is -2.07. The zero-order valence-electron chi connectivity index (χ0n) is 11.6. The van der Waals surface area contributed by atoms with Crippen molar-refractivity contribution >= 4 is 12.0 Å². The van der Waals surface area contributed by atoms with Gasteiger partial charge in [0.2, 0.25) is 5.79 Å². The molecule has 1 aliphatic rings. The minimum absolute atomic E-state index is 0.238. The molecule has 4 nitrogen and oxygen atoms in total. The lowest BCUT2D eigenvalue weighted by Gasteiger charge is -2.31. The van der Waals surface area contributed by atoms with E-state index in [-0.39, 0.29) is 6.42 Å². The van der Waals surface area contributed by atoms with Gasteiger partial charge in [0.1, 0.15) is 5.76 Å². The topological polar surface area (TPSA) is 55.8 Å². The van der Waals surface area contributed by atoms with Crippen molar-refractivity contribution in [3.8, 4) is 0 Å². The Morgan fingerprint density at radius 1 is 1.25 bits per heavy atom. The van der Waals surface area contributed by atoms with Crippen molar-refractivity contribution in [2.75, 3.05) is 0 Å². The Morgan fingerprint density at radius 2 is 1.95 bits per heavy atom. The fraction of sp³-hybridized carbons (Fsp3) is 0.312. The van der Waals surface area contributed by atoms with Crippen molar-refractivity contribution in [3.63, 3.8) is 0 Å². The number of cyclic esters (lactones) is 1. The van der Waals surface area contributed by atoms with E-state index in [1.165, 1.54) is 6.08 Å². The monoisotopic (exact) mass is 274 g/mol. The number of carbonyl (C=O) groups excluding carboxylic acids is 1. The molecule has 0 bridgehead atoms. The summed E-state index contributed by atoms with van der Waals surface area (Å²) in [6, 6.07) is 9.68. The normalized spacial score (nSPS) is 19.1. The van der Waals surface area contributed by atoms with Gasteiger partial charge in [-0.05, 0) is 5.56 Å². The Bertz CT molecular complexity index is 529. The van der Waals surface area contributed by atoms with E-state index in [0.29, 0.717) is 5.76 Å². The third-order valence-corrected chi connectivity index (χ3v) is 2.72. The maximum absolute atomic E-state index is 11.4. The molecule has 2 rings (SSSR count). The van der Waals surface area contributed by atoms with Gasteiger partial charge in [-0.3, -0.25) is 0 Å². The minimum atomic E-state index is -0.982. The molecule has 1 aromatic rings. The van der Waals surface area contributed by atoms with Gasteiger partial charge in [-0.25, -0.2) is 4.79 Å². The summed E-state index contributed by atoms with van der Waals surface area (Å²) in [4.78, 5) is 11.4. The molecule has 0 saturated heterocycles. The fourth-order valence-corrected chi connectivity index (χ4v) is 1.93. The molecule has 4 heteroatoms. The standard InChI is InChI=1S/C16H18O4/c1-16(2)19-14(11-15(18)20-16)10-13(17)9-8-12-6-4-3-5-7-12/h3-9,11,13,17H,10H2,1-2H3/b9-8+. The number of hydrogen-bond donors (Lipinski definition) is 1. The zero-order chi connectivity index (χ0) is 14.6. The van der Waals surface area contributed by atoms with Crippen LogP contribution >= 0.6 is 0 Å². The number of ether oxygens (including phenoxy) is 2. The van der Waals surface area contributed by atoms with Crippen molar-refractivity contribution in [3.05, 3.63) is 53.8 Å². The van der Waals surface area contributed by atoms with Crippen LogP contribution in [0.4, 0.5) is 0 Å². The highest BCUT2D eigenvalue weighted by Crippen LogP contribution is 2.24. The Morgan fingerprint density at radius 3 is 2.60 bits per heavy atom. The summed E-state index contributed by atoms with van der Waals surface area (Å²) >= 11 is 0. The molecule has 0 aliphatic carbocycles. The molecule has 0 aromatic heterocycles.